The second-order valence-corrected chi connectivity index (χ2v) is 5.32. The Kier molecular flexibility index (Phi) is 3.25. The Morgan fingerprint density at radius 3 is 2.74 bits per heavy atom. The van der Waals surface area contributed by atoms with Crippen molar-refractivity contribution in [3.05, 3.63) is 23.9 Å². The maximum atomic E-state index is 11.7. The number of hydrogen-bond acceptors (Lipinski definition) is 3. The largest absolute Gasteiger partial charge is 0.333 e. The minimum absolute atomic E-state index is 0.289. The summed E-state index contributed by atoms with van der Waals surface area (Å²) in [5.74, 6) is 0. The van der Waals surface area contributed by atoms with Gasteiger partial charge in [0, 0.05) is 16.6 Å². The van der Waals surface area contributed by atoms with E-state index in [4.69, 9.17) is 0 Å². The van der Waals surface area contributed by atoms with Crippen LogP contribution in [0.4, 0.5) is 10.5 Å². The fraction of sp³-hybridized carbons (Fsp3) is 0.308. The lowest BCUT2D eigenvalue weighted by Gasteiger charge is -2.20. The number of carbonyl (C=O) groups excluding carboxylic acids is 2. The van der Waals surface area contributed by atoms with E-state index in [0.29, 0.717) is 23.1 Å². The third kappa shape index (κ3) is 3.09. The number of rotatable bonds is 2. The van der Waals surface area contributed by atoms with Gasteiger partial charge in [0.2, 0.25) is 0 Å². The molecular weight excluding hydrogens is 244 g/mol. The SMILES string of the molecule is CC(C)(C)NC(=O)Nc1ccc2[nH]nc(C=O)c2c1. The molecule has 2 aromatic rings. The molecule has 0 fully saturated rings. The summed E-state index contributed by atoms with van der Waals surface area (Å²) in [4.78, 5) is 22.6. The van der Waals surface area contributed by atoms with Crippen LogP contribution in [-0.2, 0) is 0 Å². The summed E-state index contributed by atoms with van der Waals surface area (Å²) in [5, 5.41) is 12.8. The van der Waals surface area contributed by atoms with Crippen LogP contribution < -0.4 is 10.6 Å². The van der Waals surface area contributed by atoms with E-state index in [-0.39, 0.29) is 11.6 Å². The second-order valence-electron chi connectivity index (χ2n) is 5.32. The third-order valence-corrected chi connectivity index (χ3v) is 2.45. The predicted octanol–water partition coefficient (Wildman–Crippen LogP) is 2.30. The first kappa shape index (κ1) is 13.1. The van der Waals surface area contributed by atoms with Gasteiger partial charge in [-0.3, -0.25) is 9.89 Å². The number of fused-ring (bicyclic) bond motifs is 1. The van der Waals surface area contributed by atoms with E-state index in [0.717, 1.165) is 5.52 Å². The highest BCUT2D eigenvalue weighted by molar-refractivity contribution is 5.98. The van der Waals surface area contributed by atoms with Crippen LogP contribution in [0.3, 0.4) is 0 Å². The van der Waals surface area contributed by atoms with E-state index >= 15 is 0 Å². The van der Waals surface area contributed by atoms with Gasteiger partial charge in [0.05, 0.1) is 5.52 Å². The molecule has 100 valence electrons. The smallest absolute Gasteiger partial charge is 0.319 e. The number of H-pyrrole nitrogens is 1. The molecule has 0 aliphatic heterocycles. The number of amides is 2. The average Bonchev–Trinajstić information content (AvgIpc) is 2.68. The second kappa shape index (κ2) is 4.72. The molecule has 1 aromatic carbocycles. The number of carbonyl (C=O) groups is 2. The third-order valence-electron chi connectivity index (χ3n) is 2.45. The molecule has 3 N–H and O–H groups in total. The van der Waals surface area contributed by atoms with Gasteiger partial charge in [0.1, 0.15) is 5.69 Å². The maximum Gasteiger partial charge on any atom is 0.319 e. The number of nitrogens with zero attached hydrogens (tertiary/aromatic N) is 1. The number of nitrogens with one attached hydrogen (secondary N) is 3. The van der Waals surface area contributed by atoms with Crippen LogP contribution in [0.1, 0.15) is 31.3 Å². The van der Waals surface area contributed by atoms with Gasteiger partial charge in [-0.15, -0.1) is 0 Å². The normalized spacial score (nSPS) is 11.3. The Hall–Kier alpha value is -2.37. The summed E-state index contributed by atoms with van der Waals surface area (Å²) in [6, 6.07) is 4.94. The number of urea groups is 1. The van der Waals surface area contributed by atoms with Crippen LogP contribution in [0.25, 0.3) is 10.9 Å². The zero-order chi connectivity index (χ0) is 14.0. The van der Waals surface area contributed by atoms with E-state index in [2.05, 4.69) is 20.8 Å². The first-order valence-corrected chi connectivity index (χ1v) is 5.91. The van der Waals surface area contributed by atoms with Gasteiger partial charge in [-0.05, 0) is 39.0 Å². The van der Waals surface area contributed by atoms with E-state index in [1.165, 1.54) is 0 Å². The Morgan fingerprint density at radius 2 is 2.11 bits per heavy atom. The van der Waals surface area contributed by atoms with Crippen molar-refractivity contribution in [2.45, 2.75) is 26.3 Å². The van der Waals surface area contributed by atoms with E-state index < -0.39 is 0 Å². The van der Waals surface area contributed by atoms with Crippen molar-refractivity contribution in [2.24, 2.45) is 0 Å². The fourth-order valence-corrected chi connectivity index (χ4v) is 1.70. The molecule has 6 nitrogen and oxygen atoms in total. The highest BCUT2D eigenvalue weighted by atomic mass is 16.2. The molecule has 0 aliphatic rings. The van der Waals surface area contributed by atoms with E-state index in [1.54, 1.807) is 18.2 Å². The van der Waals surface area contributed by atoms with Crippen LogP contribution in [-0.4, -0.2) is 28.1 Å². The molecule has 6 heteroatoms. The van der Waals surface area contributed by atoms with Crippen LogP contribution >= 0.6 is 0 Å². The minimum atomic E-state index is -0.308. The number of hydrogen-bond donors (Lipinski definition) is 3. The Morgan fingerprint density at radius 1 is 1.37 bits per heavy atom. The Labute approximate surface area is 110 Å². The van der Waals surface area contributed by atoms with Gasteiger partial charge in [0.15, 0.2) is 6.29 Å². The molecule has 19 heavy (non-hydrogen) atoms. The molecular formula is C13H16N4O2. The van der Waals surface area contributed by atoms with Crippen molar-refractivity contribution in [3.63, 3.8) is 0 Å². The van der Waals surface area contributed by atoms with Gasteiger partial charge >= 0.3 is 6.03 Å². The summed E-state index contributed by atoms with van der Waals surface area (Å²) < 4.78 is 0. The van der Waals surface area contributed by atoms with Gasteiger partial charge in [-0.1, -0.05) is 0 Å². The number of aromatic nitrogens is 2. The molecule has 0 spiro atoms. The quantitative estimate of drug-likeness (QED) is 0.724. The van der Waals surface area contributed by atoms with Gasteiger partial charge in [-0.2, -0.15) is 5.10 Å². The lowest BCUT2D eigenvalue weighted by atomic mass is 10.1. The van der Waals surface area contributed by atoms with Crippen LogP contribution in [0, 0.1) is 0 Å². The van der Waals surface area contributed by atoms with Crippen LogP contribution in [0.5, 0.6) is 0 Å². The molecule has 1 heterocycles. The lowest BCUT2D eigenvalue weighted by Crippen LogP contribution is -2.43. The van der Waals surface area contributed by atoms with Gasteiger partial charge < -0.3 is 10.6 Å². The van der Waals surface area contributed by atoms with Crippen molar-refractivity contribution in [3.8, 4) is 0 Å². The van der Waals surface area contributed by atoms with Crippen LogP contribution in [0.2, 0.25) is 0 Å². The summed E-state index contributed by atoms with van der Waals surface area (Å²) >= 11 is 0. The number of benzene rings is 1. The standard InChI is InChI=1S/C13H16N4O2/c1-13(2,3)15-12(19)14-8-4-5-10-9(6-8)11(7-18)17-16-10/h4-7H,1-3H3,(H,16,17)(H2,14,15,19). The average molecular weight is 260 g/mol. The molecule has 0 aliphatic carbocycles. The molecule has 1 aromatic heterocycles. The number of anilines is 1. The van der Waals surface area contributed by atoms with E-state index in [1.807, 2.05) is 20.8 Å². The summed E-state index contributed by atoms with van der Waals surface area (Å²) in [5.41, 5.74) is 1.38. The first-order valence-electron chi connectivity index (χ1n) is 5.91. The zero-order valence-electron chi connectivity index (χ0n) is 11.1. The monoisotopic (exact) mass is 260 g/mol. The topological polar surface area (TPSA) is 86.9 Å². The first-order chi connectivity index (χ1) is 8.89. The molecule has 2 amide bonds. The van der Waals surface area contributed by atoms with Crippen LogP contribution in [0.15, 0.2) is 18.2 Å². The molecule has 0 bridgehead atoms. The predicted molar refractivity (Wildman–Crippen MR) is 73.4 cm³/mol. The number of aldehydes is 1. The van der Waals surface area contributed by atoms with E-state index in [9.17, 15) is 9.59 Å². The summed E-state index contributed by atoms with van der Waals surface area (Å²) in [7, 11) is 0. The molecule has 0 radical (unpaired) electrons. The van der Waals surface area contributed by atoms with Gasteiger partial charge in [0.25, 0.3) is 0 Å². The highest BCUT2D eigenvalue weighted by Crippen LogP contribution is 2.19. The number of aromatic amines is 1. The van der Waals surface area contributed by atoms with Crippen molar-refractivity contribution >= 4 is 28.9 Å². The molecule has 0 saturated carbocycles. The zero-order valence-corrected chi connectivity index (χ0v) is 11.1. The van der Waals surface area contributed by atoms with Crippen molar-refractivity contribution in [1.82, 2.24) is 15.5 Å². The molecule has 0 atom stereocenters. The van der Waals surface area contributed by atoms with Crippen molar-refractivity contribution < 1.29 is 9.59 Å². The minimum Gasteiger partial charge on any atom is -0.333 e. The molecule has 0 unspecified atom stereocenters. The molecule has 0 saturated heterocycles. The summed E-state index contributed by atoms with van der Waals surface area (Å²) in [6.45, 7) is 5.70. The lowest BCUT2D eigenvalue weighted by molar-refractivity contribution is 0.112. The maximum absolute atomic E-state index is 11.7. The Bertz CT molecular complexity index is 625. The van der Waals surface area contributed by atoms with Crippen molar-refractivity contribution in [2.75, 3.05) is 5.32 Å². The van der Waals surface area contributed by atoms with Crippen molar-refractivity contribution in [1.29, 1.82) is 0 Å². The molecule has 2 rings (SSSR count). The Balaban J connectivity index is 2.21. The summed E-state index contributed by atoms with van der Waals surface area (Å²) in [6.07, 6.45) is 0.678. The van der Waals surface area contributed by atoms with Gasteiger partial charge in [-0.25, -0.2) is 4.79 Å². The highest BCUT2D eigenvalue weighted by Gasteiger charge is 2.14. The fourth-order valence-electron chi connectivity index (χ4n) is 1.70.